The largest absolute Gasteiger partial charge is 0.365 e. The topological polar surface area (TPSA) is 71.8 Å². The van der Waals surface area contributed by atoms with Crippen molar-refractivity contribution in [2.24, 2.45) is 0 Å². The lowest BCUT2D eigenvalue weighted by molar-refractivity contribution is 0.102. The van der Waals surface area contributed by atoms with Crippen molar-refractivity contribution in [3.05, 3.63) is 23.1 Å². The number of carbonyl (C=O) groups is 1. The highest BCUT2D eigenvalue weighted by Gasteiger charge is 2.17. The van der Waals surface area contributed by atoms with E-state index >= 15 is 0 Å². The summed E-state index contributed by atoms with van der Waals surface area (Å²) >= 11 is 1.41. The Morgan fingerprint density at radius 1 is 1.47 bits per heavy atom. The number of carbonyl (C=O) groups excluding carboxylic acids is 1. The fourth-order valence-corrected chi connectivity index (χ4v) is 2.84. The smallest absolute Gasteiger partial charge is 0.276 e. The third-order valence-corrected chi connectivity index (χ3v) is 4.02. The van der Waals surface area contributed by atoms with Gasteiger partial charge in [0.1, 0.15) is 17.3 Å². The zero-order valence-electron chi connectivity index (χ0n) is 10.6. The standard InChI is InChI=1S/C12H15N5OS/c1-13-12-15-8(7-19-12)11(18)16-10-6-14-9-4-2-3-5-17(9)10/h6-7H,2-5H2,1H3,(H,13,15)(H,16,18). The van der Waals surface area contributed by atoms with Crippen LogP contribution in [-0.2, 0) is 13.0 Å². The molecule has 0 radical (unpaired) electrons. The molecule has 0 aromatic carbocycles. The Hall–Kier alpha value is -1.89. The summed E-state index contributed by atoms with van der Waals surface area (Å²) in [4.78, 5) is 20.6. The van der Waals surface area contributed by atoms with Gasteiger partial charge in [0, 0.05) is 25.4 Å². The van der Waals surface area contributed by atoms with Gasteiger partial charge >= 0.3 is 0 Å². The maximum atomic E-state index is 12.1. The molecule has 1 aliphatic heterocycles. The second-order valence-corrected chi connectivity index (χ2v) is 5.27. The average Bonchev–Trinajstić information content (AvgIpc) is 3.06. The highest BCUT2D eigenvalue weighted by molar-refractivity contribution is 7.13. The van der Waals surface area contributed by atoms with Crippen molar-refractivity contribution in [2.75, 3.05) is 17.7 Å². The summed E-state index contributed by atoms with van der Waals surface area (Å²) in [6, 6.07) is 0. The molecule has 2 aromatic heterocycles. The number of imidazole rings is 1. The number of rotatable bonds is 3. The van der Waals surface area contributed by atoms with Gasteiger partial charge in [-0.2, -0.15) is 0 Å². The lowest BCUT2D eigenvalue weighted by Crippen LogP contribution is -2.18. The Bertz CT molecular complexity index is 603. The van der Waals surface area contributed by atoms with Crippen LogP contribution >= 0.6 is 11.3 Å². The van der Waals surface area contributed by atoms with Crippen molar-refractivity contribution in [1.29, 1.82) is 0 Å². The zero-order valence-corrected chi connectivity index (χ0v) is 11.5. The molecule has 1 aliphatic rings. The summed E-state index contributed by atoms with van der Waals surface area (Å²) in [6.45, 7) is 0.920. The fourth-order valence-electron chi connectivity index (χ4n) is 2.19. The number of anilines is 2. The molecule has 100 valence electrons. The Morgan fingerprint density at radius 2 is 2.37 bits per heavy atom. The monoisotopic (exact) mass is 277 g/mol. The van der Waals surface area contributed by atoms with Crippen LogP contribution in [0.4, 0.5) is 10.9 Å². The maximum absolute atomic E-state index is 12.1. The Morgan fingerprint density at radius 3 is 3.16 bits per heavy atom. The molecular weight excluding hydrogens is 262 g/mol. The Kier molecular flexibility index (Phi) is 3.20. The van der Waals surface area contributed by atoms with Gasteiger partial charge in [-0.15, -0.1) is 11.3 Å². The predicted molar refractivity (Wildman–Crippen MR) is 74.8 cm³/mol. The van der Waals surface area contributed by atoms with Crippen molar-refractivity contribution in [1.82, 2.24) is 14.5 Å². The number of amides is 1. The summed E-state index contributed by atoms with van der Waals surface area (Å²) in [7, 11) is 1.79. The number of nitrogens with one attached hydrogen (secondary N) is 2. The van der Waals surface area contributed by atoms with E-state index in [9.17, 15) is 4.79 Å². The quantitative estimate of drug-likeness (QED) is 0.899. The van der Waals surface area contributed by atoms with Gasteiger partial charge < -0.3 is 15.2 Å². The third kappa shape index (κ3) is 2.33. The molecular formula is C12H15N5OS. The molecule has 0 unspecified atom stereocenters. The van der Waals surface area contributed by atoms with Crippen molar-refractivity contribution in [3.63, 3.8) is 0 Å². The molecule has 0 aliphatic carbocycles. The van der Waals surface area contributed by atoms with Crippen LogP contribution in [0.1, 0.15) is 29.2 Å². The number of thiazole rings is 1. The normalized spacial score (nSPS) is 13.9. The van der Waals surface area contributed by atoms with Crippen LogP contribution in [-0.4, -0.2) is 27.5 Å². The first kappa shape index (κ1) is 12.2. The molecule has 6 nitrogen and oxygen atoms in total. The first-order valence-corrected chi connectivity index (χ1v) is 7.15. The minimum Gasteiger partial charge on any atom is -0.365 e. The number of aromatic nitrogens is 3. The van der Waals surface area contributed by atoms with E-state index in [0.29, 0.717) is 5.69 Å². The molecule has 3 rings (SSSR count). The molecule has 0 bridgehead atoms. The van der Waals surface area contributed by atoms with Crippen LogP contribution in [0, 0.1) is 0 Å². The average molecular weight is 277 g/mol. The first-order valence-electron chi connectivity index (χ1n) is 6.27. The van der Waals surface area contributed by atoms with E-state index in [1.807, 2.05) is 0 Å². The summed E-state index contributed by atoms with van der Waals surface area (Å²) in [5.41, 5.74) is 0.431. The number of nitrogens with zero attached hydrogens (tertiary/aromatic N) is 3. The van der Waals surface area contributed by atoms with E-state index in [-0.39, 0.29) is 5.91 Å². The molecule has 0 atom stereocenters. The van der Waals surface area contributed by atoms with Crippen LogP contribution in [0.2, 0.25) is 0 Å². The van der Waals surface area contributed by atoms with E-state index in [0.717, 1.165) is 36.2 Å². The van der Waals surface area contributed by atoms with Gasteiger partial charge in [-0.25, -0.2) is 9.97 Å². The highest BCUT2D eigenvalue weighted by Crippen LogP contribution is 2.21. The highest BCUT2D eigenvalue weighted by atomic mass is 32.1. The lowest BCUT2D eigenvalue weighted by Gasteiger charge is -2.16. The van der Waals surface area contributed by atoms with Crippen molar-refractivity contribution >= 4 is 28.2 Å². The van der Waals surface area contributed by atoms with Crippen molar-refractivity contribution in [2.45, 2.75) is 25.8 Å². The Balaban J connectivity index is 1.77. The number of hydrogen-bond acceptors (Lipinski definition) is 5. The van der Waals surface area contributed by atoms with Gasteiger partial charge in [0.2, 0.25) is 0 Å². The van der Waals surface area contributed by atoms with Crippen molar-refractivity contribution < 1.29 is 4.79 Å². The minimum atomic E-state index is -0.189. The summed E-state index contributed by atoms with van der Waals surface area (Å²) < 4.78 is 2.08. The van der Waals surface area contributed by atoms with E-state index in [1.54, 1.807) is 18.6 Å². The number of fused-ring (bicyclic) bond motifs is 1. The van der Waals surface area contributed by atoms with Crippen LogP contribution in [0.5, 0.6) is 0 Å². The molecule has 2 aromatic rings. The third-order valence-electron chi connectivity index (χ3n) is 3.16. The molecule has 0 saturated heterocycles. The maximum Gasteiger partial charge on any atom is 0.276 e. The lowest BCUT2D eigenvalue weighted by atomic mass is 10.2. The predicted octanol–water partition coefficient (Wildman–Crippen LogP) is 1.97. The van der Waals surface area contributed by atoms with E-state index in [1.165, 1.54) is 17.8 Å². The van der Waals surface area contributed by atoms with Crippen LogP contribution in [0.3, 0.4) is 0 Å². The van der Waals surface area contributed by atoms with Crippen molar-refractivity contribution in [3.8, 4) is 0 Å². The van der Waals surface area contributed by atoms with Crippen LogP contribution in [0.25, 0.3) is 0 Å². The van der Waals surface area contributed by atoms with Gasteiger partial charge in [0.05, 0.1) is 6.20 Å². The van der Waals surface area contributed by atoms with Gasteiger partial charge in [-0.05, 0) is 12.8 Å². The first-order chi connectivity index (χ1) is 9.28. The number of aryl methyl sites for hydroxylation is 1. The molecule has 2 N–H and O–H groups in total. The molecule has 3 heterocycles. The van der Waals surface area contributed by atoms with E-state index in [4.69, 9.17) is 0 Å². The second-order valence-electron chi connectivity index (χ2n) is 4.41. The van der Waals surface area contributed by atoms with Gasteiger partial charge in [0.15, 0.2) is 5.13 Å². The summed E-state index contributed by atoms with van der Waals surface area (Å²) in [5, 5.41) is 8.28. The summed E-state index contributed by atoms with van der Waals surface area (Å²) in [6.07, 6.45) is 5.01. The van der Waals surface area contributed by atoms with Gasteiger partial charge in [0.25, 0.3) is 5.91 Å². The fraction of sp³-hybridized carbons (Fsp3) is 0.417. The SMILES string of the molecule is CNc1nc(C(=O)Nc2cnc3n2CCCC3)cs1. The Labute approximate surface area is 114 Å². The molecule has 7 heteroatoms. The van der Waals surface area contributed by atoms with Crippen LogP contribution in [0.15, 0.2) is 11.6 Å². The molecule has 0 fully saturated rings. The zero-order chi connectivity index (χ0) is 13.2. The van der Waals surface area contributed by atoms with Gasteiger partial charge in [-0.3, -0.25) is 4.79 Å². The molecule has 0 spiro atoms. The molecule has 0 saturated carbocycles. The number of hydrogen-bond donors (Lipinski definition) is 2. The van der Waals surface area contributed by atoms with Crippen LogP contribution < -0.4 is 10.6 Å². The van der Waals surface area contributed by atoms with Gasteiger partial charge in [-0.1, -0.05) is 0 Å². The molecule has 19 heavy (non-hydrogen) atoms. The second kappa shape index (κ2) is 5.00. The molecule has 1 amide bonds. The minimum absolute atomic E-state index is 0.189. The summed E-state index contributed by atoms with van der Waals surface area (Å²) in [5.74, 6) is 1.63. The van der Waals surface area contributed by atoms with E-state index in [2.05, 4.69) is 25.2 Å². The van der Waals surface area contributed by atoms with E-state index < -0.39 is 0 Å².